The largest absolute Gasteiger partial charge is 0.350 e. The van der Waals surface area contributed by atoms with Crippen LogP contribution in [0, 0.1) is 12.3 Å². The fourth-order valence-electron chi connectivity index (χ4n) is 5.30. The first-order valence-electron chi connectivity index (χ1n) is 12.6. The molecule has 186 valence electrons. The van der Waals surface area contributed by atoms with E-state index in [0.717, 1.165) is 23.9 Å². The first kappa shape index (κ1) is 23.6. The lowest BCUT2D eigenvalue weighted by Crippen LogP contribution is -2.32. The van der Waals surface area contributed by atoms with Gasteiger partial charge in [-0.05, 0) is 62.6 Å². The summed E-state index contributed by atoms with van der Waals surface area (Å²) in [6.45, 7) is 5.98. The van der Waals surface area contributed by atoms with Gasteiger partial charge in [-0.25, -0.2) is 28.2 Å². The molecule has 1 aliphatic carbocycles. The van der Waals surface area contributed by atoms with Crippen molar-refractivity contribution in [3.05, 3.63) is 36.4 Å². The highest BCUT2D eigenvalue weighted by Gasteiger charge is 2.30. The smallest absolute Gasteiger partial charge is 0.256 e. The van der Waals surface area contributed by atoms with Gasteiger partial charge in [0.05, 0.1) is 24.0 Å². The van der Waals surface area contributed by atoms with Crippen LogP contribution in [0.15, 0.2) is 30.6 Å². The highest BCUT2D eigenvalue weighted by atomic mass is 19.3. The fraction of sp³-hybridized carbons (Fsp3) is 0.538. The number of pyridine rings is 1. The molecule has 0 saturated heterocycles. The van der Waals surface area contributed by atoms with Crippen molar-refractivity contribution in [1.29, 1.82) is 0 Å². The zero-order valence-corrected chi connectivity index (χ0v) is 20.6. The number of hydrogen-bond acceptors (Lipinski definition) is 5. The summed E-state index contributed by atoms with van der Waals surface area (Å²) in [7, 11) is 0. The SMILES string of the molecule is CCCCC1(C)CCC(Nc2ncc3c(-c4ccc5nc(C)n(CC(F)F)c5n4)ccn3n2)CC1. The average Bonchev–Trinajstić information content (AvgIpc) is 3.39. The zero-order valence-electron chi connectivity index (χ0n) is 20.6. The molecule has 4 heterocycles. The van der Waals surface area contributed by atoms with Crippen molar-refractivity contribution in [3.8, 4) is 11.3 Å². The van der Waals surface area contributed by atoms with E-state index in [4.69, 9.17) is 0 Å². The number of unbranched alkanes of at least 4 members (excludes halogenated alkanes) is 1. The van der Waals surface area contributed by atoms with Gasteiger partial charge in [-0.1, -0.05) is 26.7 Å². The molecule has 9 heteroatoms. The quantitative estimate of drug-likeness (QED) is 0.321. The number of nitrogens with one attached hydrogen (secondary N) is 1. The van der Waals surface area contributed by atoms with Crippen LogP contribution in [0.5, 0.6) is 0 Å². The minimum absolute atomic E-state index is 0.389. The molecule has 7 nitrogen and oxygen atoms in total. The van der Waals surface area contributed by atoms with Crippen LogP contribution in [0.4, 0.5) is 14.7 Å². The van der Waals surface area contributed by atoms with Crippen molar-refractivity contribution in [2.75, 3.05) is 5.32 Å². The van der Waals surface area contributed by atoms with Gasteiger partial charge in [-0.15, -0.1) is 5.10 Å². The first-order valence-corrected chi connectivity index (χ1v) is 12.6. The third-order valence-corrected chi connectivity index (χ3v) is 7.46. The number of anilines is 1. The molecule has 1 aliphatic rings. The molecule has 0 bridgehead atoms. The van der Waals surface area contributed by atoms with Crippen LogP contribution in [-0.2, 0) is 6.54 Å². The Balaban J connectivity index is 1.34. The summed E-state index contributed by atoms with van der Waals surface area (Å²) in [5.74, 6) is 1.15. The van der Waals surface area contributed by atoms with Crippen LogP contribution >= 0.6 is 0 Å². The van der Waals surface area contributed by atoms with Gasteiger partial charge in [0.15, 0.2) is 5.65 Å². The van der Waals surface area contributed by atoms with E-state index in [1.165, 1.54) is 36.7 Å². The number of halogens is 2. The van der Waals surface area contributed by atoms with Crippen molar-refractivity contribution in [3.63, 3.8) is 0 Å². The van der Waals surface area contributed by atoms with E-state index in [1.807, 2.05) is 24.4 Å². The Hall–Kier alpha value is -3.10. The molecule has 0 aliphatic heterocycles. The second-order valence-electron chi connectivity index (χ2n) is 10.2. The Labute approximate surface area is 204 Å². The van der Waals surface area contributed by atoms with Crippen LogP contribution in [-0.4, -0.2) is 41.6 Å². The van der Waals surface area contributed by atoms with E-state index in [1.54, 1.807) is 17.6 Å². The molecule has 0 spiro atoms. The molecule has 4 aromatic rings. The van der Waals surface area contributed by atoms with Crippen LogP contribution in [0.1, 0.15) is 64.6 Å². The predicted octanol–water partition coefficient (Wildman–Crippen LogP) is 6.27. The van der Waals surface area contributed by atoms with Crippen LogP contribution in [0.25, 0.3) is 27.9 Å². The number of aromatic nitrogens is 6. The fourth-order valence-corrected chi connectivity index (χ4v) is 5.30. The maximum absolute atomic E-state index is 13.1. The summed E-state index contributed by atoms with van der Waals surface area (Å²) in [6.07, 6.45) is 9.81. The van der Waals surface area contributed by atoms with Gasteiger partial charge in [-0.3, -0.25) is 0 Å². The molecule has 0 amide bonds. The standard InChI is InChI=1S/C26H33F2N7/c1-4-5-11-26(3)12-8-18(9-13-26)31-25-29-15-22-19(10-14-35(22)33-25)20-6-7-21-24(32-20)34(16-23(27)28)17(2)30-21/h6-7,10,14-15,18,23H,4-5,8-9,11-13,16H2,1-3H3,(H,31,33). The van der Waals surface area contributed by atoms with Crippen molar-refractivity contribution in [2.24, 2.45) is 5.41 Å². The van der Waals surface area contributed by atoms with E-state index < -0.39 is 13.0 Å². The molecule has 1 saturated carbocycles. The molecule has 0 radical (unpaired) electrons. The number of alkyl halides is 2. The minimum Gasteiger partial charge on any atom is -0.350 e. The maximum atomic E-state index is 13.1. The summed E-state index contributed by atoms with van der Waals surface area (Å²) in [4.78, 5) is 13.6. The summed E-state index contributed by atoms with van der Waals surface area (Å²) in [5, 5.41) is 8.20. The minimum atomic E-state index is -2.47. The highest BCUT2D eigenvalue weighted by molar-refractivity contribution is 5.82. The van der Waals surface area contributed by atoms with Crippen molar-refractivity contribution in [1.82, 2.24) is 29.1 Å². The Morgan fingerprint density at radius 2 is 1.97 bits per heavy atom. The van der Waals surface area contributed by atoms with Crippen molar-refractivity contribution >= 4 is 22.6 Å². The Morgan fingerprint density at radius 1 is 1.17 bits per heavy atom. The van der Waals surface area contributed by atoms with Crippen LogP contribution in [0.2, 0.25) is 0 Å². The monoisotopic (exact) mass is 481 g/mol. The lowest BCUT2D eigenvalue weighted by atomic mass is 9.71. The Kier molecular flexibility index (Phi) is 6.42. The van der Waals surface area contributed by atoms with E-state index in [0.29, 0.717) is 40.1 Å². The number of imidazole rings is 1. The van der Waals surface area contributed by atoms with Gasteiger partial charge in [0.1, 0.15) is 11.3 Å². The second kappa shape index (κ2) is 9.51. The summed E-state index contributed by atoms with van der Waals surface area (Å²) >= 11 is 0. The van der Waals surface area contributed by atoms with Crippen LogP contribution < -0.4 is 5.32 Å². The van der Waals surface area contributed by atoms with Crippen molar-refractivity contribution in [2.45, 2.75) is 84.7 Å². The molecule has 4 aromatic heterocycles. The second-order valence-corrected chi connectivity index (χ2v) is 10.2. The molecule has 1 fully saturated rings. The van der Waals surface area contributed by atoms with E-state index >= 15 is 0 Å². The molecule has 0 atom stereocenters. The molecular formula is C26H33F2N7. The molecule has 1 N–H and O–H groups in total. The normalized spacial score (nSPS) is 20.8. The lowest BCUT2D eigenvalue weighted by Gasteiger charge is -2.37. The number of fused-ring (bicyclic) bond motifs is 2. The number of aryl methyl sites for hydroxylation is 1. The average molecular weight is 482 g/mol. The highest BCUT2D eigenvalue weighted by Crippen LogP contribution is 2.40. The van der Waals surface area contributed by atoms with E-state index in [2.05, 4.69) is 39.2 Å². The summed E-state index contributed by atoms with van der Waals surface area (Å²) in [5.41, 5.74) is 3.88. The molecule has 5 rings (SSSR count). The summed E-state index contributed by atoms with van der Waals surface area (Å²) in [6, 6.07) is 6.01. The van der Waals surface area contributed by atoms with Gasteiger partial charge in [-0.2, -0.15) is 0 Å². The van der Waals surface area contributed by atoms with Crippen molar-refractivity contribution < 1.29 is 8.78 Å². The van der Waals surface area contributed by atoms with E-state index in [9.17, 15) is 8.78 Å². The van der Waals surface area contributed by atoms with Gasteiger partial charge in [0, 0.05) is 17.8 Å². The molecule has 0 unspecified atom stereocenters. The predicted molar refractivity (Wildman–Crippen MR) is 134 cm³/mol. The van der Waals surface area contributed by atoms with Gasteiger partial charge < -0.3 is 9.88 Å². The Morgan fingerprint density at radius 3 is 2.71 bits per heavy atom. The van der Waals surface area contributed by atoms with Crippen LogP contribution in [0.3, 0.4) is 0 Å². The van der Waals surface area contributed by atoms with Gasteiger partial charge >= 0.3 is 0 Å². The topological polar surface area (TPSA) is 72.9 Å². The Bertz CT molecular complexity index is 1320. The molecule has 35 heavy (non-hydrogen) atoms. The number of hydrogen-bond donors (Lipinski definition) is 1. The van der Waals surface area contributed by atoms with Gasteiger partial charge in [0.25, 0.3) is 6.43 Å². The maximum Gasteiger partial charge on any atom is 0.256 e. The van der Waals surface area contributed by atoms with E-state index in [-0.39, 0.29) is 0 Å². The third kappa shape index (κ3) is 4.86. The lowest BCUT2D eigenvalue weighted by molar-refractivity contribution is 0.127. The third-order valence-electron chi connectivity index (χ3n) is 7.46. The number of nitrogens with zero attached hydrogens (tertiary/aromatic N) is 6. The first-order chi connectivity index (χ1) is 16.8. The summed E-state index contributed by atoms with van der Waals surface area (Å²) < 4.78 is 29.4. The molecular weight excluding hydrogens is 448 g/mol. The van der Waals surface area contributed by atoms with Gasteiger partial charge in [0.2, 0.25) is 5.95 Å². The number of rotatable bonds is 8. The zero-order chi connectivity index (χ0) is 24.6. The molecule has 0 aromatic carbocycles.